The van der Waals surface area contributed by atoms with Crippen molar-refractivity contribution in [3.63, 3.8) is 0 Å². The number of aromatic nitrogens is 2. The summed E-state index contributed by atoms with van der Waals surface area (Å²) >= 11 is 0. The molecule has 1 aliphatic rings. The Bertz CT molecular complexity index is 1060. The first-order chi connectivity index (χ1) is 14.8. The highest BCUT2D eigenvalue weighted by Gasteiger charge is 2.28. The fourth-order valence-electron chi connectivity index (χ4n) is 3.37. The molecule has 1 fully saturated rings. The predicted octanol–water partition coefficient (Wildman–Crippen LogP) is -1.19. The lowest BCUT2D eigenvalue weighted by Crippen LogP contribution is -2.56. The number of hydrogen-bond donors (Lipinski definition) is 3. The lowest BCUT2D eigenvalue weighted by Gasteiger charge is -2.37. The highest BCUT2D eigenvalue weighted by Crippen LogP contribution is 2.17. The summed E-state index contributed by atoms with van der Waals surface area (Å²) in [6.45, 7) is 2.30. The van der Waals surface area contributed by atoms with E-state index in [0.29, 0.717) is 26.2 Å². The molecule has 1 aromatic heterocycles. The van der Waals surface area contributed by atoms with Gasteiger partial charge in [0.1, 0.15) is 18.4 Å². The van der Waals surface area contributed by atoms with Crippen molar-refractivity contribution in [2.45, 2.75) is 19.5 Å². The largest absolute Gasteiger partial charge is 0.394 e. The van der Waals surface area contributed by atoms with Gasteiger partial charge in [-0.2, -0.15) is 0 Å². The lowest BCUT2D eigenvalue weighted by molar-refractivity contribution is -0.138. The van der Waals surface area contributed by atoms with Gasteiger partial charge >= 0.3 is 5.69 Å². The summed E-state index contributed by atoms with van der Waals surface area (Å²) in [5.41, 5.74) is -0.164. The molecule has 1 aliphatic heterocycles. The molecule has 166 valence electrons. The van der Waals surface area contributed by atoms with Crippen molar-refractivity contribution < 1.29 is 19.1 Å². The van der Waals surface area contributed by atoms with Gasteiger partial charge in [-0.25, -0.2) is 9.18 Å². The smallest absolute Gasteiger partial charge is 0.328 e. The van der Waals surface area contributed by atoms with Crippen molar-refractivity contribution in [2.75, 3.05) is 37.7 Å². The monoisotopic (exact) mass is 433 g/mol. The van der Waals surface area contributed by atoms with Gasteiger partial charge in [-0.1, -0.05) is 0 Å². The molecule has 0 spiro atoms. The quantitative estimate of drug-likeness (QED) is 0.526. The van der Waals surface area contributed by atoms with E-state index in [0.717, 1.165) is 10.3 Å². The van der Waals surface area contributed by atoms with Gasteiger partial charge in [-0.15, -0.1) is 0 Å². The summed E-state index contributed by atoms with van der Waals surface area (Å²) in [5, 5.41) is 12.0. The molecule has 0 radical (unpaired) electrons. The van der Waals surface area contributed by atoms with Crippen molar-refractivity contribution in [3.8, 4) is 0 Å². The number of piperazine rings is 1. The second kappa shape index (κ2) is 9.56. The van der Waals surface area contributed by atoms with Crippen LogP contribution < -0.4 is 21.5 Å². The molecule has 3 rings (SSSR count). The van der Waals surface area contributed by atoms with Gasteiger partial charge in [0.25, 0.3) is 5.56 Å². The number of aliphatic hydroxyl groups excluding tert-OH is 1. The number of carbonyl (C=O) groups excluding carboxylic acids is 2. The maximum Gasteiger partial charge on any atom is 0.328 e. The van der Waals surface area contributed by atoms with Crippen LogP contribution in [0, 0.1) is 12.7 Å². The molecule has 2 amide bonds. The van der Waals surface area contributed by atoms with Gasteiger partial charge in [-0.05, 0) is 31.2 Å². The first-order valence-corrected chi connectivity index (χ1v) is 9.78. The molecule has 1 aromatic carbocycles. The standard InChI is InChI=1S/C20H24FN5O5/c1-13-10-26(20(31)23-18(13)29)11-17(28)22-16(12-27)19(30)25-8-6-24(7-9-25)15-4-2-14(21)3-5-15/h2-5,10,16,27H,6-9,11-12H2,1H3,(H,22,28)(H,23,29,31). The number of anilines is 1. The average Bonchev–Trinajstić information content (AvgIpc) is 2.76. The topological polar surface area (TPSA) is 128 Å². The molecule has 10 nitrogen and oxygen atoms in total. The molecule has 0 bridgehead atoms. The molecule has 1 atom stereocenters. The summed E-state index contributed by atoms with van der Waals surface area (Å²) in [7, 11) is 0. The molecule has 31 heavy (non-hydrogen) atoms. The van der Waals surface area contributed by atoms with Crippen LogP contribution in [0.4, 0.5) is 10.1 Å². The molecule has 0 aliphatic carbocycles. The number of nitrogens with zero attached hydrogens (tertiary/aromatic N) is 3. The zero-order valence-corrected chi connectivity index (χ0v) is 17.0. The minimum absolute atomic E-state index is 0.265. The van der Waals surface area contributed by atoms with Gasteiger partial charge in [0.2, 0.25) is 11.8 Å². The molecule has 1 saturated heterocycles. The number of halogens is 1. The average molecular weight is 433 g/mol. The summed E-state index contributed by atoms with van der Waals surface area (Å²) in [6, 6.07) is 4.94. The number of hydrogen-bond acceptors (Lipinski definition) is 6. The SMILES string of the molecule is Cc1cn(CC(=O)NC(CO)C(=O)N2CCN(c3ccc(F)cc3)CC2)c(=O)[nH]c1=O. The Kier molecular flexibility index (Phi) is 6.85. The fraction of sp³-hybridized carbons (Fsp3) is 0.400. The number of nitrogens with one attached hydrogen (secondary N) is 2. The molecule has 2 aromatic rings. The Hall–Kier alpha value is -3.47. The van der Waals surface area contributed by atoms with Gasteiger partial charge in [-0.3, -0.25) is 23.9 Å². The van der Waals surface area contributed by atoms with Gasteiger partial charge in [0.05, 0.1) is 6.61 Å². The minimum Gasteiger partial charge on any atom is -0.394 e. The summed E-state index contributed by atoms with van der Waals surface area (Å²) in [6.07, 6.45) is 1.26. The van der Waals surface area contributed by atoms with Gasteiger partial charge < -0.3 is 20.2 Å². The van der Waals surface area contributed by atoms with Crippen LogP contribution in [0.1, 0.15) is 5.56 Å². The highest BCUT2D eigenvalue weighted by molar-refractivity contribution is 5.88. The van der Waals surface area contributed by atoms with Gasteiger partial charge in [0, 0.05) is 43.6 Å². The van der Waals surface area contributed by atoms with Crippen LogP contribution in [-0.2, 0) is 16.1 Å². The minimum atomic E-state index is -1.15. The van der Waals surface area contributed by atoms with Crippen LogP contribution in [-0.4, -0.2) is 70.2 Å². The van der Waals surface area contributed by atoms with E-state index < -0.39 is 42.3 Å². The number of rotatable bonds is 6. The van der Waals surface area contributed by atoms with Crippen LogP contribution in [0.5, 0.6) is 0 Å². The molecular formula is C20H24FN5O5. The highest BCUT2D eigenvalue weighted by atomic mass is 19.1. The molecular weight excluding hydrogens is 409 g/mol. The maximum absolute atomic E-state index is 13.1. The normalized spacial score (nSPS) is 14.9. The molecule has 3 N–H and O–H groups in total. The van der Waals surface area contributed by atoms with Crippen LogP contribution in [0.25, 0.3) is 0 Å². The fourth-order valence-corrected chi connectivity index (χ4v) is 3.37. The van der Waals surface area contributed by atoms with E-state index in [1.807, 2.05) is 4.90 Å². The zero-order valence-electron chi connectivity index (χ0n) is 17.0. The zero-order chi connectivity index (χ0) is 22.5. The Morgan fingerprint density at radius 1 is 1.16 bits per heavy atom. The van der Waals surface area contributed by atoms with Crippen molar-refractivity contribution >= 4 is 17.5 Å². The number of benzene rings is 1. The van der Waals surface area contributed by atoms with Crippen molar-refractivity contribution in [3.05, 3.63) is 62.7 Å². The number of aromatic amines is 1. The molecule has 2 heterocycles. The summed E-state index contributed by atoms with van der Waals surface area (Å²) in [5.74, 6) is -1.40. The predicted molar refractivity (Wildman–Crippen MR) is 110 cm³/mol. The summed E-state index contributed by atoms with van der Waals surface area (Å²) in [4.78, 5) is 53.9. The second-order valence-corrected chi connectivity index (χ2v) is 7.29. The van der Waals surface area contributed by atoms with Gasteiger partial charge in [0.15, 0.2) is 0 Å². The molecule has 0 saturated carbocycles. The Balaban J connectivity index is 1.57. The van der Waals surface area contributed by atoms with E-state index in [4.69, 9.17) is 0 Å². The number of H-pyrrole nitrogens is 1. The van der Waals surface area contributed by atoms with Crippen LogP contribution in [0.2, 0.25) is 0 Å². The third-order valence-electron chi connectivity index (χ3n) is 5.10. The van der Waals surface area contributed by atoms with E-state index in [2.05, 4.69) is 10.3 Å². The van der Waals surface area contributed by atoms with E-state index in [1.54, 1.807) is 12.1 Å². The number of amides is 2. The Morgan fingerprint density at radius 2 is 1.81 bits per heavy atom. The van der Waals surface area contributed by atoms with Crippen LogP contribution in [0.15, 0.2) is 40.1 Å². The number of carbonyl (C=O) groups is 2. The first-order valence-electron chi connectivity index (χ1n) is 9.78. The first kappa shape index (κ1) is 22.2. The number of aliphatic hydroxyl groups is 1. The van der Waals surface area contributed by atoms with Crippen LogP contribution >= 0.6 is 0 Å². The Labute approximate surface area is 176 Å². The van der Waals surface area contributed by atoms with Crippen molar-refractivity contribution in [1.82, 2.24) is 19.8 Å². The molecule has 11 heteroatoms. The molecule has 1 unspecified atom stereocenters. The third kappa shape index (κ3) is 5.37. The van der Waals surface area contributed by atoms with E-state index in [1.165, 1.54) is 30.2 Å². The second-order valence-electron chi connectivity index (χ2n) is 7.29. The summed E-state index contributed by atoms with van der Waals surface area (Å²) < 4.78 is 14.1. The maximum atomic E-state index is 13.1. The Morgan fingerprint density at radius 3 is 2.42 bits per heavy atom. The van der Waals surface area contributed by atoms with E-state index in [9.17, 15) is 28.7 Å². The third-order valence-corrected chi connectivity index (χ3v) is 5.10. The number of aryl methyl sites for hydroxylation is 1. The lowest BCUT2D eigenvalue weighted by atomic mass is 10.2. The van der Waals surface area contributed by atoms with Crippen molar-refractivity contribution in [2.24, 2.45) is 0 Å². The van der Waals surface area contributed by atoms with E-state index in [-0.39, 0.29) is 11.4 Å². The van der Waals surface area contributed by atoms with Crippen molar-refractivity contribution in [1.29, 1.82) is 0 Å². The van der Waals surface area contributed by atoms with E-state index >= 15 is 0 Å². The van der Waals surface area contributed by atoms with Crippen LogP contribution in [0.3, 0.4) is 0 Å².